The summed E-state index contributed by atoms with van der Waals surface area (Å²) >= 11 is 10.5. The van der Waals surface area contributed by atoms with Crippen LogP contribution in [0, 0.1) is 0 Å². The molecule has 1 rings (SSSR count). The molecular formula is C12H15ClS. The lowest BCUT2D eigenvalue weighted by molar-refractivity contribution is 0.671. The fourth-order valence-electron chi connectivity index (χ4n) is 1.48. The fraction of sp³-hybridized carbons (Fsp3) is 0.333. The van der Waals surface area contributed by atoms with Gasteiger partial charge in [-0.15, -0.1) is 6.58 Å². The van der Waals surface area contributed by atoms with Crippen molar-refractivity contribution in [3.63, 3.8) is 0 Å². The second-order valence-corrected chi connectivity index (χ2v) is 4.62. The van der Waals surface area contributed by atoms with Gasteiger partial charge < -0.3 is 0 Å². The van der Waals surface area contributed by atoms with Gasteiger partial charge in [-0.25, -0.2) is 0 Å². The van der Waals surface area contributed by atoms with Gasteiger partial charge in [-0.05, 0) is 24.1 Å². The molecule has 0 unspecified atom stereocenters. The minimum absolute atomic E-state index is 0.223. The van der Waals surface area contributed by atoms with Crippen LogP contribution in [0.5, 0.6) is 0 Å². The van der Waals surface area contributed by atoms with Crippen molar-refractivity contribution in [2.45, 2.75) is 24.5 Å². The first-order valence-corrected chi connectivity index (χ1v) is 5.57. The highest BCUT2D eigenvalue weighted by Crippen LogP contribution is 2.35. The quantitative estimate of drug-likeness (QED) is 0.569. The molecule has 0 spiro atoms. The maximum atomic E-state index is 5.83. The Balaban J connectivity index is 2.99. The van der Waals surface area contributed by atoms with E-state index in [2.05, 4.69) is 26.1 Å². The van der Waals surface area contributed by atoms with Crippen LogP contribution in [0.1, 0.15) is 25.3 Å². The van der Waals surface area contributed by atoms with Crippen LogP contribution < -0.4 is 0 Å². The summed E-state index contributed by atoms with van der Waals surface area (Å²) in [5.41, 5.74) is 1.15. The molecule has 0 radical (unpaired) electrons. The van der Waals surface area contributed by atoms with E-state index in [4.69, 9.17) is 11.6 Å². The number of halogens is 1. The second kappa shape index (κ2) is 4.90. The summed E-state index contributed by atoms with van der Waals surface area (Å²) in [6.45, 7) is 5.98. The Morgan fingerprint density at radius 2 is 2.00 bits per heavy atom. The largest absolute Gasteiger partial charge is 0.163 e. The normalized spacial score (nSPS) is 14.8. The van der Waals surface area contributed by atoms with Crippen molar-refractivity contribution in [1.82, 2.24) is 0 Å². The van der Waals surface area contributed by atoms with Gasteiger partial charge in [0.2, 0.25) is 0 Å². The van der Waals surface area contributed by atoms with Gasteiger partial charge in [-0.3, -0.25) is 0 Å². The summed E-state index contributed by atoms with van der Waals surface area (Å²) in [6, 6.07) is 7.79. The molecular weight excluding hydrogens is 212 g/mol. The molecule has 0 aliphatic carbocycles. The Morgan fingerprint density at radius 1 is 1.43 bits per heavy atom. The van der Waals surface area contributed by atoms with Crippen molar-refractivity contribution in [2.75, 3.05) is 0 Å². The molecule has 0 aliphatic rings. The van der Waals surface area contributed by atoms with E-state index in [0.717, 1.165) is 23.4 Å². The lowest BCUT2D eigenvalue weighted by Crippen LogP contribution is -2.14. The summed E-state index contributed by atoms with van der Waals surface area (Å²) in [5, 5.41) is 0.755. The molecule has 2 heteroatoms. The van der Waals surface area contributed by atoms with Gasteiger partial charge in [0, 0.05) is 5.02 Å². The van der Waals surface area contributed by atoms with Crippen LogP contribution in [0.4, 0.5) is 0 Å². The monoisotopic (exact) mass is 226 g/mol. The molecule has 14 heavy (non-hydrogen) atoms. The molecule has 0 nitrogen and oxygen atoms in total. The maximum absolute atomic E-state index is 5.83. The number of hydrogen-bond acceptors (Lipinski definition) is 1. The van der Waals surface area contributed by atoms with E-state index in [1.807, 2.05) is 30.3 Å². The second-order valence-electron chi connectivity index (χ2n) is 3.39. The molecule has 0 aromatic heterocycles. The molecule has 0 amide bonds. The predicted octanol–water partition coefficient (Wildman–Crippen LogP) is 4.45. The summed E-state index contributed by atoms with van der Waals surface area (Å²) in [4.78, 5) is 0. The lowest BCUT2D eigenvalue weighted by atomic mass is 9.93. The van der Waals surface area contributed by atoms with Crippen LogP contribution in [0.25, 0.3) is 0 Å². The van der Waals surface area contributed by atoms with Gasteiger partial charge in [0.05, 0.1) is 4.75 Å². The Labute approximate surface area is 96.4 Å². The number of benzene rings is 1. The summed E-state index contributed by atoms with van der Waals surface area (Å²) in [7, 11) is 0. The highest BCUT2D eigenvalue weighted by molar-refractivity contribution is 7.81. The lowest BCUT2D eigenvalue weighted by Gasteiger charge is -2.24. The van der Waals surface area contributed by atoms with Crippen LogP contribution in [0.3, 0.4) is 0 Å². The zero-order chi connectivity index (χ0) is 10.6. The molecule has 1 atom stereocenters. The SMILES string of the molecule is C=C[C@](S)(CCC)c1ccc(Cl)cc1. The summed E-state index contributed by atoms with van der Waals surface area (Å²) in [5.74, 6) is 0. The first-order valence-electron chi connectivity index (χ1n) is 4.74. The maximum Gasteiger partial charge on any atom is 0.0555 e. The predicted molar refractivity (Wildman–Crippen MR) is 67.2 cm³/mol. The van der Waals surface area contributed by atoms with Gasteiger partial charge in [0.15, 0.2) is 0 Å². The van der Waals surface area contributed by atoms with Crippen molar-refractivity contribution >= 4 is 24.2 Å². The molecule has 76 valence electrons. The standard InChI is InChI=1S/C12H15ClS/c1-3-9-12(14,4-2)10-5-7-11(13)8-6-10/h4-8,14H,2-3,9H2,1H3/t12-/m0/s1. The summed E-state index contributed by atoms with van der Waals surface area (Å²) < 4.78 is -0.223. The average Bonchev–Trinajstić information content (AvgIpc) is 2.19. The van der Waals surface area contributed by atoms with Gasteiger partial charge in [0.1, 0.15) is 0 Å². The Morgan fingerprint density at radius 3 is 2.43 bits per heavy atom. The zero-order valence-corrected chi connectivity index (χ0v) is 9.98. The van der Waals surface area contributed by atoms with Crippen molar-refractivity contribution in [2.24, 2.45) is 0 Å². The Hall–Kier alpha value is -0.400. The van der Waals surface area contributed by atoms with Crippen LogP contribution in [-0.4, -0.2) is 0 Å². The number of hydrogen-bond donors (Lipinski definition) is 1. The van der Waals surface area contributed by atoms with Crippen LogP contribution in [-0.2, 0) is 4.75 Å². The van der Waals surface area contributed by atoms with Gasteiger partial charge in [-0.1, -0.05) is 43.2 Å². The van der Waals surface area contributed by atoms with Crippen LogP contribution >= 0.6 is 24.2 Å². The van der Waals surface area contributed by atoms with E-state index in [1.165, 1.54) is 0 Å². The zero-order valence-electron chi connectivity index (χ0n) is 8.33. The van der Waals surface area contributed by atoms with E-state index < -0.39 is 0 Å². The molecule has 1 aromatic rings. The van der Waals surface area contributed by atoms with E-state index in [0.29, 0.717) is 0 Å². The van der Waals surface area contributed by atoms with E-state index >= 15 is 0 Å². The Bertz CT molecular complexity index is 305. The minimum atomic E-state index is -0.223. The number of rotatable bonds is 4. The molecule has 0 heterocycles. The van der Waals surface area contributed by atoms with Crippen LogP contribution in [0.15, 0.2) is 36.9 Å². The van der Waals surface area contributed by atoms with E-state index in [9.17, 15) is 0 Å². The number of thiol groups is 1. The highest BCUT2D eigenvalue weighted by atomic mass is 35.5. The van der Waals surface area contributed by atoms with Crippen molar-refractivity contribution in [3.8, 4) is 0 Å². The molecule has 0 aliphatic heterocycles. The Kier molecular flexibility index (Phi) is 4.09. The van der Waals surface area contributed by atoms with Crippen molar-refractivity contribution < 1.29 is 0 Å². The third kappa shape index (κ3) is 2.55. The molecule has 0 N–H and O–H groups in total. The minimum Gasteiger partial charge on any atom is -0.163 e. The summed E-state index contributed by atoms with van der Waals surface area (Å²) in [6.07, 6.45) is 3.96. The fourth-order valence-corrected chi connectivity index (χ4v) is 1.98. The first-order chi connectivity index (χ1) is 6.62. The third-order valence-corrected chi connectivity index (χ3v) is 3.23. The van der Waals surface area contributed by atoms with Crippen molar-refractivity contribution in [1.29, 1.82) is 0 Å². The smallest absolute Gasteiger partial charge is 0.0555 e. The van der Waals surface area contributed by atoms with Gasteiger partial charge in [0.25, 0.3) is 0 Å². The van der Waals surface area contributed by atoms with Gasteiger partial charge in [-0.2, -0.15) is 12.6 Å². The molecule has 0 bridgehead atoms. The van der Waals surface area contributed by atoms with Crippen molar-refractivity contribution in [3.05, 3.63) is 47.5 Å². The molecule has 0 fully saturated rings. The average molecular weight is 227 g/mol. The van der Waals surface area contributed by atoms with Crippen LogP contribution in [0.2, 0.25) is 5.02 Å². The first kappa shape index (κ1) is 11.7. The van der Waals surface area contributed by atoms with E-state index in [1.54, 1.807) is 0 Å². The molecule has 0 saturated heterocycles. The van der Waals surface area contributed by atoms with E-state index in [-0.39, 0.29) is 4.75 Å². The third-order valence-electron chi connectivity index (χ3n) is 2.31. The van der Waals surface area contributed by atoms with Gasteiger partial charge >= 0.3 is 0 Å². The topological polar surface area (TPSA) is 0 Å². The molecule has 0 saturated carbocycles. The molecule has 1 aromatic carbocycles. The highest BCUT2D eigenvalue weighted by Gasteiger charge is 2.22.